The Balaban J connectivity index is 2.10. The fourth-order valence-electron chi connectivity index (χ4n) is 1.52. The van der Waals surface area contributed by atoms with Gasteiger partial charge in [0.2, 0.25) is 0 Å². The third kappa shape index (κ3) is 2.54. The lowest BCUT2D eigenvalue weighted by Gasteiger charge is -2.10. The summed E-state index contributed by atoms with van der Waals surface area (Å²) in [4.78, 5) is 5.01. The van der Waals surface area contributed by atoms with Crippen molar-refractivity contribution >= 4 is 22.9 Å². The van der Waals surface area contributed by atoms with E-state index >= 15 is 0 Å². The maximum atomic E-state index is 5.78. The quantitative estimate of drug-likeness (QED) is 0.825. The lowest BCUT2D eigenvalue weighted by atomic mass is 10.1. The highest BCUT2D eigenvalue weighted by atomic mass is 35.5. The number of aromatic nitrogens is 1. The standard InChI is InChI=1S/C12H12ClNOS/c1-8-4-3-5-9(2)11(8)15-7-10-6-14-12(13)16-10/h3-6H,7H2,1-2H3. The summed E-state index contributed by atoms with van der Waals surface area (Å²) in [5.74, 6) is 0.951. The maximum absolute atomic E-state index is 5.78. The minimum Gasteiger partial charge on any atom is -0.487 e. The first-order valence-electron chi connectivity index (χ1n) is 4.96. The van der Waals surface area contributed by atoms with Crippen LogP contribution in [0.2, 0.25) is 4.47 Å². The Morgan fingerprint density at radius 1 is 1.31 bits per heavy atom. The van der Waals surface area contributed by atoms with Gasteiger partial charge in [-0.2, -0.15) is 0 Å². The van der Waals surface area contributed by atoms with Gasteiger partial charge in [-0.05, 0) is 25.0 Å². The van der Waals surface area contributed by atoms with Crippen molar-refractivity contribution in [1.29, 1.82) is 0 Å². The van der Waals surface area contributed by atoms with E-state index < -0.39 is 0 Å². The largest absolute Gasteiger partial charge is 0.487 e. The lowest BCUT2D eigenvalue weighted by Crippen LogP contribution is -1.96. The van der Waals surface area contributed by atoms with Gasteiger partial charge in [0.15, 0.2) is 4.47 Å². The molecule has 1 aromatic carbocycles. The van der Waals surface area contributed by atoms with Gasteiger partial charge in [-0.1, -0.05) is 29.8 Å². The number of aryl methyl sites for hydroxylation is 2. The lowest BCUT2D eigenvalue weighted by molar-refractivity contribution is 0.305. The van der Waals surface area contributed by atoms with Crippen molar-refractivity contribution in [3.05, 3.63) is 44.9 Å². The number of hydrogen-bond donors (Lipinski definition) is 0. The Hall–Kier alpha value is -1.06. The summed E-state index contributed by atoms with van der Waals surface area (Å²) < 4.78 is 6.33. The van der Waals surface area contributed by atoms with E-state index in [0.29, 0.717) is 11.1 Å². The van der Waals surface area contributed by atoms with E-state index in [0.717, 1.165) is 21.8 Å². The highest BCUT2D eigenvalue weighted by Gasteiger charge is 2.05. The van der Waals surface area contributed by atoms with Crippen LogP contribution >= 0.6 is 22.9 Å². The second-order valence-corrected chi connectivity index (χ2v) is 5.29. The molecule has 2 nitrogen and oxygen atoms in total. The number of para-hydroxylation sites is 1. The van der Waals surface area contributed by atoms with Crippen LogP contribution in [0.3, 0.4) is 0 Å². The van der Waals surface area contributed by atoms with Crippen LogP contribution in [0.4, 0.5) is 0 Å². The average Bonchev–Trinajstić information content (AvgIpc) is 2.63. The molecule has 0 atom stereocenters. The van der Waals surface area contributed by atoms with Gasteiger partial charge in [0, 0.05) is 6.20 Å². The predicted molar refractivity (Wildman–Crippen MR) is 67.4 cm³/mol. The molecule has 0 aliphatic heterocycles. The molecule has 84 valence electrons. The second-order valence-electron chi connectivity index (χ2n) is 3.59. The van der Waals surface area contributed by atoms with Crippen molar-refractivity contribution in [2.75, 3.05) is 0 Å². The number of ether oxygens (including phenoxy) is 1. The van der Waals surface area contributed by atoms with Gasteiger partial charge < -0.3 is 4.74 Å². The average molecular weight is 254 g/mol. The van der Waals surface area contributed by atoms with E-state index in [1.807, 2.05) is 32.0 Å². The molecule has 4 heteroatoms. The van der Waals surface area contributed by atoms with Crippen molar-refractivity contribution in [3.63, 3.8) is 0 Å². The normalized spacial score (nSPS) is 10.4. The summed E-state index contributed by atoms with van der Waals surface area (Å²) in [6.07, 6.45) is 1.75. The Labute approximate surface area is 104 Å². The fraction of sp³-hybridized carbons (Fsp3) is 0.250. The molecule has 0 saturated heterocycles. The highest BCUT2D eigenvalue weighted by molar-refractivity contribution is 7.15. The fourth-order valence-corrected chi connectivity index (χ4v) is 2.41. The van der Waals surface area contributed by atoms with E-state index in [1.165, 1.54) is 11.3 Å². The van der Waals surface area contributed by atoms with Gasteiger partial charge >= 0.3 is 0 Å². The van der Waals surface area contributed by atoms with Gasteiger partial charge in [0.25, 0.3) is 0 Å². The zero-order chi connectivity index (χ0) is 11.5. The molecule has 2 rings (SSSR count). The van der Waals surface area contributed by atoms with Crippen LogP contribution in [0.25, 0.3) is 0 Å². The summed E-state index contributed by atoms with van der Waals surface area (Å²) >= 11 is 7.20. The molecule has 0 amide bonds. The Bertz CT molecular complexity index is 475. The highest BCUT2D eigenvalue weighted by Crippen LogP contribution is 2.25. The first-order chi connectivity index (χ1) is 7.66. The zero-order valence-electron chi connectivity index (χ0n) is 9.16. The van der Waals surface area contributed by atoms with Gasteiger partial charge in [0.1, 0.15) is 12.4 Å². The van der Waals surface area contributed by atoms with Crippen LogP contribution < -0.4 is 4.74 Å². The molecule has 0 aliphatic carbocycles. The predicted octanol–water partition coefficient (Wildman–Crippen LogP) is 3.99. The van der Waals surface area contributed by atoms with Crippen LogP contribution in [-0.2, 0) is 6.61 Å². The zero-order valence-corrected chi connectivity index (χ0v) is 10.7. The van der Waals surface area contributed by atoms with E-state index in [2.05, 4.69) is 4.98 Å². The van der Waals surface area contributed by atoms with E-state index in [1.54, 1.807) is 6.20 Å². The summed E-state index contributed by atoms with van der Waals surface area (Å²) in [6.45, 7) is 4.61. The Morgan fingerprint density at radius 3 is 2.56 bits per heavy atom. The number of nitrogens with zero attached hydrogens (tertiary/aromatic N) is 1. The van der Waals surface area contributed by atoms with Crippen molar-refractivity contribution in [2.45, 2.75) is 20.5 Å². The van der Waals surface area contributed by atoms with Gasteiger partial charge in [-0.3, -0.25) is 0 Å². The van der Waals surface area contributed by atoms with E-state index in [9.17, 15) is 0 Å². The molecule has 0 fully saturated rings. The topological polar surface area (TPSA) is 22.1 Å². The Kier molecular flexibility index (Phi) is 3.46. The van der Waals surface area contributed by atoms with E-state index in [-0.39, 0.29) is 0 Å². The molecule has 0 aliphatic rings. The number of halogens is 1. The van der Waals surface area contributed by atoms with Crippen molar-refractivity contribution < 1.29 is 4.74 Å². The van der Waals surface area contributed by atoms with Gasteiger partial charge in [0.05, 0.1) is 4.88 Å². The van der Waals surface area contributed by atoms with Gasteiger partial charge in [-0.15, -0.1) is 11.3 Å². The minimum atomic E-state index is 0.524. The maximum Gasteiger partial charge on any atom is 0.183 e. The Morgan fingerprint density at radius 2 is 2.00 bits per heavy atom. The number of hydrogen-bond acceptors (Lipinski definition) is 3. The summed E-state index contributed by atoms with van der Waals surface area (Å²) in [5.41, 5.74) is 2.30. The van der Waals surface area contributed by atoms with Crippen molar-refractivity contribution in [3.8, 4) is 5.75 Å². The van der Waals surface area contributed by atoms with E-state index in [4.69, 9.17) is 16.3 Å². The van der Waals surface area contributed by atoms with Crippen molar-refractivity contribution in [1.82, 2.24) is 4.98 Å². The number of benzene rings is 1. The minimum absolute atomic E-state index is 0.524. The molecule has 0 radical (unpaired) electrons. The summed E-state index contributed by atoms with van der Waals surface area (Å²) in [6, 6.07) is 6.12. The monoisotopic (exact) mass is 253 g/mol. The molecule has 0 bridgehead atoms. The van der Waals surface area contributed by atoms with Crippen LogP contribution in [-0.4, -0.2) is 4.98 Å². The molecule has 0 N–H and O–H groups in total. The number of rotatable bonds is 3. The molecule has 1 aromatic heterocycles. The molecule has 1 heterocycles. The molecule has 16 heavy (non-hydrogen) atoms. The molecular weight excluding hydrogens is 242 g/mol. The van der Waals surface area contributed by atoms with Crippen LogP contribution in [0.5, 0.6) is 5.75 Å². The first kappa shape index (κ1) is 11.4. The van der Waals surface area contributed by atoms with Crippen LogP contribution in [0.1, 0.15) is 16.0 Å². The second kappa shape index (κ2) is 4.85. The third-order valence-corrected chi connectivity index (χ3v) is 3.38. The van der Waals surface area contributed by atoms with Crippen LogP contribution in [0, 0.1) is 13.8 Å². The SMILES string of the molecule is Cc1cccc(C)c1OCc1cnc(Cl)s1. The smallest absolute Gasteiger partial charge is 0.183 e. The van der Waals surface area contributed by atoms with Crippen molar-refractivity contribution in [2.24, 2.45) is 0 Å². The molecular formula is C12H12ClNOS. The first-order valence-corrected chi connectivity index (χ1v) is 6.15. The molecule has 0 unspecified atom stereocenters. The molecule has 2 aromatic rings. The molecule has 0 spiro atoms. The third-order valence-electron chi connectivity index (χ3n) is 2.29. The number of thiazole rings is 1. The van der Waals surface area contributed by atoms with Gasteiger partial charge in [-0.25, -0.2) is 4.98 Å². The summed E-state index contributed by atoms with van der Waals surface area (Å²) in [7, 11) is 0. The molecule has 0 saturated carbocycles. The summed E-state index contributed by atoms with van der Waals surface area (Å²) in [5, 5.41) is 0. The van der Waals surface area contributed by atoms with Crippen LogP contribution in [0.15, 0.2) is 24.4 Å².